The van der Waals surface area contributed by atoms with Crippen LogP contribution in [0.4, 0.5) is 0 Å². The quantitative estimate of drug-likeness (QED) is 0.0494. The number of aliphatic hydroxyl groups is 2. The van der Waals surface area contributed by atoms with Crippen molar-refractivity contribution >= 4 is 0 Å². The Kier molecular flexibility index (Phi) is 41.8. The van der Waals surface area contributed by atoms with Gasteiger partial charge in [-0.2, -0.15) is 0 Å². The average Bonchev–Trinajstić information content (AvgIpc) is 3.09. The lowest BCUT2D eigenvalue weighted by Crippen LogP contribution is -2.06. The molecule has 0 aliphatic carbocycles. The Bertz CT molecular complexity index is 615. The number of aliphatic hydroxyl groups excluding tert-OH is 2. The first-order chi connectivity index (χ1) is 24.1. The van der Waals surface area contributed by atoms with Crippen molar-refractivity contribution in [1.29, 1.82) is 0 Å². The summed E-state index contributed by atoms with van der Waals surface area (Å²) in [6.07, 6.45) is 55.8. The Morgan fingerprint density at radius 1 is 0.327 bits per heavy atom. The standard InChI is InChI=1S/C47H94O2/c1-4-5-6-7-8-9-10-11-12-13-14-15-16-17-18-19-21-24-27-30-33-36-39-42-46(48)43-40-37-34-31-28-25-22-20-23-26-29-32-35-38-41-44-47(49)45(2)3/h46-49H,2,4-44H2,1,3H3. The molecule has 2 unspecified atom stereocenters. The molecule has 0 aromatic carbocycles. The molecule has 0 radical (unpaired) electrons. The second-order valence-corrected chi connectivity index (χ2v) is 16.5. The molecular formula is C47H94O2. The summed E-state index contributed by atoms with van der Waals surface area (Å²) >= 11 is 0. The van der Waals surface area contributed by atoms with Crippen molar-refractivity contribution in [3.63, 3.8) is 0 Å². The van der Waals surface area contributed by atoms with Gasteiger partial charge in [0.05, 0.1) is 12.2 Å². The van der Waals surface area contributed by atoms with E-state index < -0.39 is 0 Å². The summed E-state index contributed by atoms with van der Waals surface area (Å²) in [5.41, 5.74) is 0.904. The minimum atomic E-state index is -0.291. The fourth-order valence-electron chi connectivity index (χ4n) is 7.57. The van der Waals surface area contributed by atoms with Crippen molar-refractivity contribution in [2.45, 2.75) is 289 Å². The third-order valence-corrected chi connectivity index (χ3v) is 11.2. The van der Waals surface area contributed by atoms with Crippen LogP contribution in [0.25, 0.3) is 0 Å². The van der Waals surface area contributed by atoms with E-state index in [-0.39, 0.29) is 12.2 Å². The third kappa shape index (κ3) is 42.0. The first-order valence-electron chi connectivity index (χ1n) is 23.1. The minimum Gasteiger partial charge on any atom is -0.393 e. The Morgan fingerprint density at radius 2 is 0.510 bits per heavy atom. The van der Waals surface area contributed by atoms with E-state index in [2.05, 4.69) is 13.5 Å². The number of rotatable bonds is 43. The lowest BCUT2D eigenvalue weighted by atomic mass is 10.0. The normalized spacial score (nSPS) is 12.9. The van der Waals surface area contributed by atoms with Crippen molar-refractivity contribution in [3.05, 3.63) is 12.2 Å². The van der Waals surface area contributed by atoms with E-state index in [9.17, 15) is 10.2 Å². The van der Waals surface area contributed by atoms with E-state index in [0.717, 1.165) is 31.3 Å². The zero-order valence-corrected chi connectivity index (χ0v) is 34.2. The molecule has 49 heavy (non-hydrogen) atoms. The lowest BCUT2D eigenvalue weighted by Gasteiger charge is -2.10. The molecule has 0 heterocycles. The Balaban J connectivity index is 3.16. The van der Waals surface area contributed by atoms with Gasteiger partial charge in [-0.1, -0.05) is 263 Å². The van der Waals surface area contributed by atoms with Gasteiger partial charge in [-0.05, 0) is 26.2 Å². The summed E-state index contributed by atoms with van der Waals surface area (Å²) in [4.78, 5) is 0. The molecule has 0 bridgehead atoms. The lowest BCUT2D eigenvalue weighted by molar-refractivity contribution is 0.147. The highest BCUT2D eigenvalue weighted by atomic mass is 16.3. The highest BCUT2D eigenvalue weighted by molar-refractivity contribution is 4.96. The van der Waals surface area contributed by atoms with E-state index >= 15 is 0 Å². The highest BCUT2D eigenvalue weighted by Gasteiger charge is 2.05. The SMILES string of the molecule is C=C(C)C(O)CCCCCCCCCCCCCCCCCC(O)CCCCCCCCCCCCCCCCCCCCCCCCC. The predicted octanol–water partition coefficient (Wildman–Crippen LogP) is 16.3. The van der Waals surface area contributed by atoms with Gasteiger partial charge in [-0.25, -0.2) is 0 Å². The summed E-state index contributed by atoms with van der Waals surface area (Å²) in [7, 11) is 0. The second kappa shape index (κ2) is 42.1. The maximum absolute atomic E-state index is 10.4. The van der Waals surface area contributed by atoms with Crippen LogP contribution in [0.15, 0.2) is 12.2 Å². The van der Waals surface area contributed by atoms with Gasteiger partial charge in [0.15, 0.2) is 0 Å². The molecule has 0 amide bonds. The van der Waals surface area contributed by atoms with Crippen LogP contribution in [0.5, 0.6) is 0 Å². The number of hydrogen-bond acceptors (Lipinski definition) is 2. The molecule has 0 saturated heterocycles. The minimum absolute atomic E-state index is 0.0515. The number of hydrogen-bond donors (Lipinski definition) is 2. The van der Waals surface area contributed by atoms with Crippen LogP contribution in [-0.2, 0) is 0 Å². The topological polar surface area (TPSA) is 40.5 Å². The van der Waals surface area contributed by atoms with Crippen LogP contribution in [0.3, 0.4) is 0 Å². The molecule has 0 aliphatic heterocycles. The van der Waals surface area contributed by atoms with Gasteiger partial charge in [0.25, 0.3) is 0 Å². The zero-order valence-electron chi connectivity index (χ0n) is 34.2. The van der Waals surface area contributed by atoms with Crippen LogP contribution < -0.4 is 0 Å². The van der Waals surface area contributed by atoms with Gasteiger partial charge in [0, 0.05) is 0 Å². The van der Waals surface area contributed by atoms with E-state index in [1.54, 1.807) is 0 Å². The molecule has 2 atom stereocenters. The third-order valence-electron chi connectivity index (χ3n) is 11.2. The smallest absolute Gasteiger partial charge is 0.0744 e. The molecular weight excluding hydrogens is 597 g/mol. The van der Waals surface area contributed by atoms with Gasteiger partial charge in [-0.15, -0.1) is 0 Å². The van der Waals surface area contributed by atoms with Crippen molar-refractivity contribution in [1.82, 2.24) is 0 Å². The Morgan fingerprint density at radius 3 is 0.714 bits per heavy atom. The van der Waals surface area contributed by atoms with Gasteiger partial charge in [-0.3, -0.25) is 0 Å². The molecule has 2 heteroatoms. The fourth-order valence-corrected chi connectivity index (χ4v) is 7.57. The summed E-state index contributed by atoms with van der Waals surface area (Å²) in [5.74, 6) is 0. The van der Waals surface area contributed by atoms with Crippen molar-refractivity contribution in [2.75, 3.05) is 0 Å². The van der Waals surface area contributed by atoms with Crippen LogP contribution >= 0.6 is 0 Å². The van der Waals surface area contributed by atoms with E-state index in [0.29, 0.717) is 0 Å². The maximum atomic E-state index is 10.4. The first kappa shape index (κ1) is 48.7. The second-order valence-electron chi connectivity index (χ2n) is 16.5. The highest BCUT2D eigenvalue weighted by Crippen LogP contribution is 2.18. The van der Waals surface area contributed by atoms with Crippen LogP contribution in [0, 0.1) is 0 Å². The van der Waals surface area contributed by atoms with Crippen molar-refractivity contribution < 1.29 is 10.2 Å². The zero-order chi connectivity index (χ0) is 35.7. The molecule has 0 rings (SSSR count). The number of unbranched alkanes of at least 4 members (excludes halogenated alkanes) is 36. The fraction of sp³-hybridized carbons (Fsp3) is 0.957. The first-order valence-corrected chi connectivity index (χ1v) is 23.1. The molecule has 294 valence electrons. The Labute approximate surface area is 310 Å². The van der Waals surface area contributed by atoms with Crippen LogP contribution in [-0.4, -0.2) is 22.4 Å². The summed E-state index contributed by atoms with van der Waals surface area (Å²) in [6.45, 7) is 8.05. The largest absolute Gasteiger partial charge is 0.393 e. The maximum Gasteiger partial charge on any atom is 0.0744 e. The molecule has 0 saturated carbocycles. The van der Waals surface area contributed by atoms with Crippen LogP contribution in [0.1, 0.15) is 277 Å². The van der Waals surface area contributed by atoms with Gasteiger partial charge in [0.2, 0.25) is 0 Å². The summed E-state index contributed by atoms with van der Waals surface area (Å²) < 4.78 is 0. The molecule has 0 spiro atoms. The average molecular weight is 691 g/mol. The van der Waals surface area contributed by atoms with E-state index in [1.165, 1.54) is 238 Å². The Hall–Kier alpha value is -0.340. The molecule has 0 fully saturated rings. The van der Waals surface area contributed by atoms with Gasteiger partial charge >= 0.3 is 0 Å². The molecule has 0 aromatic rings. The summed E-state index contributed by atoms with van der Waals surface area (Å²) in [6, 6.07) is 0. The molecule has 2 nitrogen and oxygen atoms in total. The van der Waals surface area contributed by atoms with Gasteiger partial charge in [0.1, 0.15) is 0 Å². The van der Waals surface area contributed by atoms with E-state index in [4.69, 9.17) is 0 Å². The van der Waals surface area contributed by atoms with E-state index in [1.807, 2.05) is 6.92 Å². The van der Waals surface area contributed by atoms with Crippen molar-refractivity contribution in [3.8, 4) is 0 Å². The predicted molar refractivity (Wildman–Crippen MR) is 222 cm³/mol. The monoisotopic (exact) mass is 691 g/mol. The van der Waals surface area contributed by atoms with Gasteiger partial charge < -0.3 is 10.2 Å². The molecule has 0 aromatic heterocycles. The molecule has 0 aliphatic rings. The summed E-state index contributed by atoms with van der Waals surface area (Å²) in [5, 5.41) is 20.1. The van der Waals surface area contributed by atoms with Crippen molar-refractivity contribution in [2.24, 2.45) is 0 Å². The molecule has 2 N–H and O–H groups in total. The van der Waals surface area contributed by atoms with Crippen LogP contribution in [0.2, 0.25) is 0 Å².